The topological polar surface area (TPSA) is 75.6 Å². The number of nitrogens with zero attached hydrogens (tertiary/aromatic N) is 3. The molecule has 0 aromatic carbocycles. The van der Waals surface area contributed by atoms with E-state index in [1.807, 2.05) is 4.90 Å². The van der Waals surface area contributed by atoms with Gasteiger partial charge in [0.1, 0.15) is 5.76 Å². The first-order valence-electron chi connectivity index (χ1n) is 6.35. The first-order valence-corrected chi connectivity index (χ1v) is 6.35. The lowest BCUT2D eigenvalue weighted by atomic mass is 10.1. The molecule has 18 heavy (non-hydrogen) atoms. The molecule has 98 valence electrons. The van der Waals surface area contributed by atoms with E-state index in [9.17, 15) is 4.79 Å². The number of anilines is 1. The first-order chi connectivity index (χ1) is 8.63. The van der Waals surface area contributed by atoms with Gasteiger partial charge >= 0.3 is 0 Å². The van der Waals surface area contributed by atoms with Crippen molar-refractivity contribution in [2.45, 2.75) is 19.4 Å². The highest BCUT2D eigenvalue weighted by Crippen LogP contribution is 2.24. The van der Waals surface area contributed by atoms with Gasteiger partial charge < -0.3 is 20.0 Å². The zero-order valence-corrected chi connectivity index (χ0v) is 10.6. The lowest BCUT2D eigenvalue weighted by Gasteiger charge is -2.27. The monoisotopic (exact) mass is 250 g/mol. The van der Waals surface area contributed by atoms with Crippen LogP contribution in [0.2, 0.25) is 0 Å². The molecule has 1 fully saturated rings. The molecule has 1 atom stereocenters. The van der Waals surface area contributed by atoms with Crippen molar-refractivity contribution in [3.05, 3.63) is 11.5 Å². The number of hydrogen-bond acceptors (Lipinski definition) is 5. The van der Waals surface area contributed by atoms with Crippen LogP contribution in [0.4, 0.5) is 6.01 Å². The maximum Gasteiger partial charge on any atom is 0.292 e. The number of oxazole rings is 1. The number of amides is 1. The third-order valence-corrected chi connectivity index (χ3v) is 3.80. The van der Waals surface area contributed by atoms with Crippen molar-refractivity contribution in [3.8, 4) is 0 Å². The van der Waals surface area contributed by atoms with Crippen LogP contribution in [0.5, 0.6) is 0 Å². The summed E-state index contributed by atoms with van der Waals surface area (Å²) in [5.74, 6) is 1.12. The summed E-state index contributed by atoms with van der Waals surface area (Å²) in [7, 11) is 2.05. The van der Waals surface area contributed by atoms with E-state index >= 15 is 0 Å². The molecule has 2 aliphatic rings. The van der Waals surface area contributed by atoms with Gasteiger partial charge in [0, 0.05) is 19.5 Å². The second kappa shape index (κ2) is 4.28. The molecule has 0 radical (unpaired) electrons. The Hall–Kier alpha value is -1.56. The summed E-state index contributed by atoms with van der Waals surface area (Å²) in [6.45, 7) is 3.10. The van der Waals surface area contributed by atoms with Gasteiger partial charge in [-0.25, -0.2) is 0 Å². The Kier molecular flexibility index (Phi) is 2.74. The standard InChI is InChI=1S/C12H18N4O2/c1-15-4-2-8(6-15)11(17)16-5-3-9-10(7-16)18-12(13)14-9/h8H,2-7H2,1H3,(H2,13,14). The molecule has 1 amide bonds. The molecule has 2 aliphatic heterocycles. The number of carbonyl (C=O) groups is 1. The molecule has 0 aliphatic carbocycles. The summed E-state index contributed by atoms with van der Waals surface area (Å²) in [6.07, 6.45) is 1.70. The number of likely N-dealkylation sites (tertiary alicyclic amines) is 1. The number of fused-ring (bicyclic) bond motifs is 1. The van der Waals surface area contributed by atoms with Crippen molar-refractivity contribution in [3.63, 3.8) is 0 Å². The summed E-state index contributed by atoms with van der Waals surface area (Å²) in [6, 6.07) is 0.204. The fourth-order valence-corrected chi connectivity index (χ4v) is 2.80. The Labute approximate surface area is 106 Å². The van der Waals surface area contributed by atoms with Crippen LogP contribution in [0.3, 0.4) is 0 Å². The zero-order chi connectivity index (χ0) is 12.7. The smallest absolute Gasteiger partial charge is 0.292 e. The van der Waals surface area contributed by atoms with E-state index in [1.165, 1.54) is 0 Å². The molecular formula is C12H18N4O2. The summed E-state index contributed by atoms with van der Waals surface area (Å²) in [5.41, 5.74) is 6.44. The predicted molar refractivity (Wildman–Crippen MR) is 65.6 cm³/mol. The molecule has 6 heteroatoms. The van der Waals surface area contributed by atoms with Crippen LogP contribution in [0.15, 0.2) is 4.42 Å². The van der Waals surface area contributed by atoms with E-state index < -0.39 is 0 Å². The number of nitrogen functional groups attached to an aromatic ring is 1. The molecule has 1 unspecified atom stereocenters. The van der Waals surface area contributed by atoms with Gasteiger partial charge in [-0.3, -0.25) is 4.79 Å². The van der Waals surface area contributed by atoms with Crippen LogP contribution < -0.4 is 5.73 Å². The Balaban J connectivity index is 1.70. The van der Waals surface area contributed by atoms with Crippen molar-refractivity contribution < 1.29 is 9.21 Å². The SMILES string of the molecule is CN1CCC(C(=O)N2CCc3nc(N)oc3C2)C1. The maximum absolute atomic E-state index is 12.4. The van der Waals surface area contributed by atoms with Crippen molar-refractivity contribution >= 4 is 11.9 Å². The molecule has 0 spiro atoms. The molecule has 0 bridgehead atoms. The van der Waals surface area contributed by atoms with E-state index in [-0.39, 0.29) is 17.8 Å². The van der Waals surface area contributed by atoms with Gasteiger partial charge in [-0.15, -0.1) is 0 Å². The first kappa shape index (κ1) is 11.5. The summed E-state index contributed by atoms with van der Waals surface area (Å²) in [4.78, 5) is 20.6. The van der Waals surface area contributed by atoms with E-state index in [0.717, 1.165) is 43.9 Å². The Morgan fingerprint density at radius 2 is 2.33 bits per heavy atom. The fraction of sp³-hybridized carbons (Fsp3) is 0.667. The average Bonchev–Trinajstić information content (AvgIpc) is 2.92. The van der Waals surface area contributed by atoms with Gasteiger partial charge in [-0.2, -0.15) is 4.98 Å². The van der Waals surface area contributed by atoms with Gasteiger partial charge in [0.2, 0.25) is 5.91 Å². The van der Waals surface area contributed by atoms with Crippen molar-refractivity contribution in [2.24, 2.45) is 5.92 Å². The van der Waals surface area contributed by atoms with Gasteiger partial charge in [0.15, 0.2) is 0 Å². The predicted octanol–water partition coefficient (Wildman–Crippen LogP) is 0.0932. The largest absolute Gasteiger partial charge is 0.427 e. The number of carbonyl (C=O) groups excluding carboxylic acids is 1. The number of hydrogen-bond donors (Lipinski definition) is 1. The van der Waals surface area contributed by atoms with Crippen LogP contribution in [0.1, 0.15) is 17.9 Å². The van der Waals surface area contributed by atoms with Gasteiger partial charge in [-0.1, -0.05) is 0 Å². The van der Waals surface area contributed by atoms with Crippen molar-refractivity contribution in [1.29, 1.82) is 0 Å². The van der Waals surface area contributed by atoms with E-state index in [2.05, 4.69) is 16.9 Å². The second-order valence-electron chi connectivity index (χ2n) is 5.18. The van der Waals surface area contributed by atoms with Crippen LogP contribution in [-0.4, -0.2) is 47.4 Å². The number of nitrogens with two attached hydrogens (primary N) is 1. The summed E-state index contributed by atoms with van der Waals surface area (Å²) in [5, 5.41) is 0. The molecule has 3 rings (SSSR count). The average molecular weight is 250 g/mol. The van der Waals surface area contributed by atoms with Gasteiger partial charge in [0.25, 0.3) is 6.01 Å². The quantitative estimate of drug-likeness (QED) is 0.764. The Morgan fingerprint density at radius 1 is 1.50 bits per heavy atom. The minimum Gasteiger partial charge on any atom is -0.427 e. The second-order valence-corrected chi connectivity index (χ2v) is 5.18. The highest BCUT2D eigenvalue weighted by atomic mass is 16.4. The fourth-order valence-electron chi connectivity index (χ4n) is 2.80. The molecule has 6 nitrogen and oxygen atoms in total. The van der Waals surface area contributed by atoms with Crippen molar-refractivity contribution in [2.75, 3.05) is 32.4 Å². The molecule has 2 N–H and O–H groups in total. The summed E-state index contributed by atoms with van der Waals surface area (Å²) >= 11 is 0. The molecule has 1 aromatic heterocycles. The normalized spacial score (nSPS) is 24.3. The molecular weight excluding hydrogens is 232 g/mol. The Bertz CT molecular complexity index is 471. The highest BCUT2D eigenvalue weighted by molar-refractivity contribution is 5.79. The van der Waals surface area contributed by atoms with E-state index in [0.29, 0.717) is 6.54 Å². The van der Waals surface area contributed by atoms with Gasteiger partial charge in [-0.05, 0) is 20.0 Å². The lowest BCUT2D eigenvalue weighted by Crippen LogP contribution is -2.40. The lowest BCUT2D eigenvalue weighted by molar-refractivity contribution is -0.136. The number of aromatic nitrogens is 1. The Morgan fingerprint density at radius 3 is 3.06 bits per heavy atom. The van der Waals surface area contributed by atoms with Crippen molar-refractivity contribution in [1.82, 2.24) is 14.8 Å². The summed E-state index contributed by atoms with van der Waals surface area (Å²) < 4.78 is 5.33. The third kappa shape index (κ3) is 1.96. The minimum atomic E-state index is 0.136. The van der Waals surface area contributed by atoms with Crippen LogP contribution in [0.25, 0.3) is 0 Å². The van der Waals surface area contributed by atoms with E-state index in [1.54, 1.807) is 0 Å². The zero-order valence-electron chi connectivity index (χ0n) is 10.6. The molecule has 0 saturated carbocycles. The number of rotatable bonds is 1. The van der Waals surface area contributed by atoms with E-state index in [4.69, 9.17) is 10.2 Å². The van der Waals surface area contributed by atoms with Crippen LogP contribution >= 0.6 is 0 Å². The molecule has 3 heterocycles. The maximum atomic E-state index is 12.4. The van der Waals surface area contributed by atoms with Crippen LogP contribution in [0, 0.1) is 5.92 Å². The third-order valence-electron chi connectivity index (χ3n) is 3.80. The molecule has 1 aromatic rings. The highest BCUT2D eigenvalue weighted by Gasteiger charge is 2.32. The minimum absolute atomic E-state index is 0.136. The van der Waals surface area contributed by atoms with Gasteiger partial charge in [0.05, 0.1) is 18.2 Å². The van der Waals surface area contributed by atoms with Crippen LogP contribution in [-0.2, 0) is 17.8 Å². The molecule has 1 saturated heterocycles.